The van der Waals surface area contributed by atoms with Crippen molar-refractivity contribution in [2.45, 2.75) is 52.9 Å². The van der Waals surface area contributed by atoms with Crippen molar-refractivity contribution in [1.29, 1.82) is 0 Å². The van der Waals surface area contributed by atoms with E-state index in [0.29, 0.717) is 19.1 Å². The largest absolute Gasteiger partial charge is 0.465 e. The number of carbonyl (C=O) groups is 2. The van der Waals surface area contributed by atoms with E-state index in [2.05, 4.69) is 6.92 Å². The van der Waals surface area contributed by atoms with Crippen LogP contribution in [0.3, 0.4) is 0 Å². The van der Waals surface area contributed by atoms with Crippen LogP contribution in [0.4, 0.5) is 0 Å². The van der Waals surface area contributed by atoms with Crippen LogP contribution in [0.15, 0.2) is 0 Å². The average molecular weight is 270 g/mol. The van der Waals surface area contributed by atoms with Crippen molar-refractivity contribution in [2.75, 3.05) is 13.2 Å². The summed E-state index contributed by atoms with van der Waals surface area (Å²) in [7, 11) is 0. The molecule has 4 heteroatoms. The lowest BCUT2D eigenvalue weighted by Gasteiger charge is -2.31. The Hall–Kier alpha value is -1.06. The third kappa shape index (κ3) is 4.84. The topological polar surface area (TPSA) is 52.6 Å². The van der Waals surface area contributed by atoms with Gasteiger partial charge in [-0.15, -0.1) is 0 Å². The average Bonchev–Trinajstić information content (AvgIpc) is 2.41. The SMILES string of the molecule is CCCOC(=O)C1CCC(C)CC1C(=O)OCCC. The Bertz CT molecular complexity index is 301. The quantitative estimate of drug-likeness (QED) is 0.696. The second-order valence-electron chi connectivity index (χ2n) is 5.47. The number of hydrogen-bond donors (Lipinski definition) is 0. The number of rotatable bonds is 6. The highest BCUT2D eigenvalue weighted by molar-refractivity contribution is 5.82. The minimum Gasteiger partial charge on any atom is -0.465 e. The van der Waals surface area contributed by atoms with E-state index in [9.17, 15) is 9.59 Å². The molecule has 4 nitrogen and oxygen atoms in total. The smallest absolute Gasteiger partial charge is 0.309 e. The van der Waals surface area contributed by atoms with E-state index in [1.54, 1.807) is 0 Å². The van der Waals surface area contributed by atoms with Crippen LogP contribution in [-0.2, 0) is 19.1 Å². The Kier molecular flexibility index (Phi) is 6.89. The van der Waals surface area contributed by atoms with Crippen LogP contribution >= 0.6 is 0 Å². The molecule has 0 aromatic heterocycles. The van der Waals surface area contributed by atoms with Gasteiger partial charge in [-0.05, 0) is 38.0 Å². The molecule has 3 atom stereocenters. The summed E-state index contributed by atoms with van der Waals surface area (Å²) in [5.74, 6) is -0.625. The summed E-state index contributed by atoms with van der Waals surface area (Å²) in [6.07, 6.45) is 4.05. The van der Waals surface area contributed by atoms with Crippen LogP contribution in [0, 0.1) is 17.8 Å². The first-order chi connectivity index (χ1) is 9.10. The molecule has 1 saturated carbocycles. The first-order valence-electron chi connectivity index (χ1n) is 7.43. The molecule has 0 aromatic carbocycles. The lowest BCUT2D eigenvalue weighted by atomic mass is 9.74. The highest BCUT2D eigenvalue weighted by Crippen LogP contribution is 2.35. The molecule has 0 N–H and O–H groups in total. The molecule has 1 rings (SSSR count). The standard InChI is InChI=1S/C15H26O4/c1-4-8-18-14(16)12-7-6-11(3)10-13(12)15(17)19-9-5-2/h11-13H,4-10H2,1-3H3. The van der Waals surface area contributed by atoms with Crippen LogP contribution in [-0.4, -0.2) is 25.2 Å². The zero-order valence-corrected chi connectivity index (χ0v) is 12.3. The van der Waals surface area contributed by atoms with Crippen LogP contribution < -0.4 is 0 Å². The number of carbonyl (C=O) groups excluding carboxylic acids is 2. The molecule has 1 fully saturated rings. The predicted molar refractivity (Wildman–Crippen MR) is 72.5 cm³/mol. The van der Waals surface area contributed by atoms with E-state index in [-0.39, 0.29) is 23.8 Å². The Morgan fingerprint density at radius 1 is 0.947 bits per heavy atom. The monoisotopic (exact) mass is 270 g/mol. The molecule has 0 spiro atoms. The minimum absolute atomic E-state index is 0.229. The molecule has 1 aliphatic rings. The van der Waals surface area contributed by atoms with Crippen molar-refractivity contribution >= 4 is 11.9 Å². The summed E-state index contributed by atoms with van der Waals surface area (Å²) in [6.45, 7) is 6.91. The lowest BCUT2D eigenvalue weighted by molar-refractivity contribution is -0.163. The highest BCUT2D eigenvalue weighted by atomic mass is 16.5. The molecule has 0 amide bonds. The van der Waals surface area contributed by atoms with Crippen molar-refractivity contribution in [3.05, 3.63) is 0 Å². The Morgan fingerprint density at radius 2 is 1.47 bits per heavy atom. The van der Waals surface area contributed by atoms with Gasteiger partial charge in [0.15, 0.2) is 0 Å². The summed E-state index contributed by atoms with van der Waals surface area (Å²) < 4.78 is 10.4. The van der Waals surface area contributed by atoms with E-state index in [1.165, 1.54) is 0 Å². The maximum Gasteiger partial charge on any atom is 0.309 e. The van der Waals surface area contributed by atoms with E-state index in [4.69, 9.17) is 9.47 Å². The zero-order chi connectivity index (χ0) is 14.3. The Balaban J connectivity index is 2.64. The fraction of sp³-hybridized carbons (Fsp3) is 0.867. The third-order valence-electron chi connectivity index (χ3n) is 3.61. The molecule has 110 valence electrons. The normalized spacial score (nSPS) is 26.8. The molecule has 19 heavy (non-hydrogen) atoms. The van der Waals surface area contributed by atoms with Gasteiger partial charge in [-0.1, -0.05) is 20.8 Å². The van der Waals surface area contributed by atoms with Gasteiger partial charge in [-0.2, -0.15) is 0 Å². The molecule has 0 aliphatic heterocycles. The van der Waals surface area contributed by atoms with Crippen molar-refractivity contribution in [3.63, 3.8) is 0 Å². The van der Waals surface area contributed by atoms with Gasteiger partial charge in [0, 0.05) is 0 Å². The van der Waals surface area contributed by atoms with E-state index in [1.807, 2.05) is 13.8 Å². The molecular formula is C15H26O4. The molecule has 1 aliphatic carbocycles. The molecule has 3 unspecified atom stereocenters. The van der Waals surface area contributed by atoms with Crippen molar-refractivity contribution < 1.29 is 19.1 Å². The molecular weight excluding hydrogens is 244 g/mol. The zero-order valence-electron chi connectivity index (χ0n) is 12.3. The number of ether oxygens (including phenoxy) is 2. The maximum atomic E-state index is 12.1. The van der Waals surface area contributed by atoms with Crippen LogP contribution in [0.2, 0.25) is 0 Å². The number of hydrogen-bond acceptors (Lipinski definition) is 4. The first-order valence-corrected chi connectivity index (χ1v) is 7.43. The fourth-order valence-corrected chi connectivity index (χ4v) is 2.54. The molecule has 0 heterocycles. The van der Waals surface area contributed by atoms with Gasteiger partial charge in [0.2, 0.25) is 0 Å². The summed E-state index contributed by atoms with van der Waals surface area (Å²) in [5, 5.41) is 0. The molecule has 0 radical (unpaired) electrons. The van der Waals surface area contributed by atoms with Gasteiger partial charge in [-0.3, -0.25) is 9.59 Å². The van der Waals surface area contributed by atoms with Crippen molar-refractivity contribution in [3.8, 4) is 0 Å². The maximum absolute atomic E-state index is 12.1. The van der Waals surface area contributed by atoms with Crippen molar-refractivity contribution in [1.82, 2.24) is 0 Å². The second kappa shape index (κ2) is 8.18. The van der Waals surface area contributed by atoms with Gasteiger partial charge >= 0.3 is 11.9 Å². The van der Waals surface area contributed by atoms with Crippen LogP contribution in [0.1, 0.15) is 52.9 Å². The van der Waals surface area contributed by atoms with Crippen molar-refractivity contribution in [2.24, 2.45) is 17.8 Å². The van der Waals surface area contributed by atoms with E-state index < -0.39 is 0 Å². The summed E-state index contributed by atoms with van der Waals surface area (Å²) >= 11 is 0. The van der Waals surface area contributed by atoms with E-state index in [0.717, 1.165) is 32.1 Å². The second-order valence-corrected chi connectivity index (χ2v) is 5.47. The van der Waals surface area contributed by atoms with Gasteiger partial charge in [0.1, 0.15) is 0 Å². The molecule has 0 bridgehead atoms. The predicted octanol–water partition coefficient (Wildman–Crippen LogP) is 2.95. The molecule has 0 aromatic rings. The van der Waals surface area contributed by atoms with Gasteiger partial charge < -0.3 is 9.47 Å². The third-order valence-corrected chi connectivity index (χ3v) is 3.61. The fourth-order valence-electron chi connectivity index (χ4n) is 2.54. The van der Waals surface area contributed by atoms with Crippen LogP contribution in [0.25, 0.3) is 0 Å². The lowest BCUT2D eigenvalue weighted by Crippen LogP contribution is -2.37. The van der Waals surface area contributed by atoms with Gasteiger partial charge in [-0.25, -0.2) is 0 Å². The first kappa shape index (κ1) is 16.0. The summed E-state index contributed by atoms with van der Waals surface area (Å²) in [4.78, 5) is 24.1. The Labute approximate surface area is 115 Å². The highest BCUT2D eigenvalue weighted by Gasteiger charge is 2.39. The van der Waals surface area contributed by atoms with Gasteiger partial charge in [0.05, 0.1) is 25.0 Å². The number of esters is 2. The Morgan fingerprint density at radius 3 is 2.00 bits per heavy atom. The van der Waals surface area contributed by atoms with E-state index >= 15 is 0 Å². The minimum atomic E-state index is -0.320. The summed E-state index contributed by atoms with van der Waals surface area (Å²) in [5.41, 5.74) is 0. The summed E-state index contributed by atoms with van der Waals surface area (Å²) in [6, 6.07) is 0. The molecule has 0 saturated heterocycles. The van der Waals surface area contributed by atoms with Gasteiger partial charge in [0.25, 0.3) is 0 Å². The van der Waals surface area contributed by atoms with Crippen LogP contribution in [0.5, 0.6) is 0 Å².